The van der Waals surface area contributed by atoms with E-state index >= 15 is 0 Å². The number of carbonyl (C=O) groups excluding carboxylic acids is 1. The summed E-state index contributed by atoms with van der Waals surface area (Å²) in [6.07, 6.45) is 0.00129. The molecule has 0 saturated carbocycles. The third-order valence-electron chi connectivity index (χ3n) is 3.46. The van der Waals surface area contributed by atoms with Gasteiger partial charge in [0.05, 0.1) is 5.75 Å². The molecule has 1 saturated heterocycles. The lowest BCUT2D eigenvalue weighted by Crippen LogP contribution is -2.38. The molecule has 1 heterocycles. The van der Waals surface area contributed by atoms with Gasteiger partial charge in [0.2, 0.25) is 15.9 Å². The minimum absolute atomic E-state index is 0.00129. The Kier molecular flexibility index (Phi) is 5.15. The van der Waals surface area contributed by atoms with Gasteiger partial charge in [-0.25, -0.2) is 8.42 Å². The van der Waals surface area contributed by atoms with Crippen molar-refractivity contribution in [2.24, 2.45) is 0 Å². The Labute approximate surface area is 129 Å². The first-order valence-electron chi connectivity index (χ1n) is 6.90. The van der Waals surface area contributed by atoms with Crippen molar-refractivity contribution >= 4 is 21.9 Å². The number of sulfonamides is 1. The van der Waals surface area contributed by atoms with Gasteiger partial charge in [0.1, 0.15) is 6.54 Å². The largest absolute Gasteiger partial charge is 0.480 e. The van der Waals surface area contributed by atoms with Gasteiger partial charge in [-0.05, 0) is 5.56 Å². The van der Waals surface area contributed by atoms with Gasteiger partial charge < -0.3 is 10.0 Å². The topological polar surface area (TPSA) is 95.0 Å². The van der Waals surface area contributed by atoms with Gasteiger partial charge in [0, 0.05) is 26.1 Å². The van der Waals surface area contributed by atoms with Crippen molar-refractivity contribution in [3.8, 4) is 0 Å². The lowest BCUT2D eigenvalue weighted by Gasteiger charge is -2.20. The second-order valence-corrected chi connectivity index (χ2v) is 7.07. The summed E-state index contributed by atoms with van der Waals surface area (Å²) in [5.41, 5.74) is 0.681. The molecular formula is C14H18N2O5S. The molecule has 0 bridgehead atoms. The maximum atomic E-state index is 12.4. The standard InChI is InChI=1S/C14H18N2O5S/c17-13-6-7-16(9-8-15(13)10-14(18)19)22(20,21)11-12-4-2-1-3-5-12/h1-5H,6-11H2,(H,18,19). The molecule has 0 aliphatic carbocycles. The molecule has 22 heavy (non-hydrogen) atoms. The number of hydrogen-bond donors (Lipinski definition) is 1. The second kappa shape index (κ2) is 6.89. The van der Waals surface area contributed by atoms with E-state index in [1.165, 1.54) is 9.21 Å². The highest BCUT2D eigenvalue weighted by Crippen LogP contribution is 2.14. The van der Waals surface area contributed by atoms with Crippen molar-refractivity contribution < 1.29 is 23.1 Å². The number of aliphatic carboxylic acids is 1. The van der Waals surface area contributed by atoms with Gasteiger partial charge >= 0.3 is 5.97 Å². The number of rotatable bonds is 5. The second-order valence-electron chi connectivity index (χ2n) is 5.10. The van der Waals surface area contributed by atoms with E-state index in [0.717, 1.165) is 0 Å². The number of carbonyl (C=O) groups is 2. The average Bonchev–Trinajstić information content (AvgIpc) is 2.62. The van der Waals surface area contributed by atoms with Crippen molar-refractivity contribution in [1.82, 2.24) is 9.21 Å². The van der Waals surface area contributed by atoms with Crippen LogP contribution in [0.4, 0.5) is 0 Å². The zero-order valence-corrected chi connectivity index (χ0v) is 12.8. The van der Waals surface area contributed by atoms with Crippen LogP contribution in [-0.2, 0) is 25.4 Å². The maximum Gasteiger partial charge on any atom is 0.323 e. The number of benzene rings is 1. The first-order valence-corrected chi connectivity index (χ1v) is 8.51. The Hall–Kier alpha value is -1.93. The Morgan fingerprint density at radius 1 is 1.14 bits per heavy atom. The van der Waals surface area contributed by atoms with E-state index < -0.39 is 22.5 Å². The number of carboxylic acid groups (broad SMARTS) is 1. The summed E-state index contributed by atoms with van der Waals surface area (Å²) in [7, 11) is -3.53. The third-order valence-corrected chi connectivity index (χ3v) is 5.31. The molecule has 1 aromatic rings. The van der Waals surface area contributed by atoms with Crippen LogP contribution in [0.5, 0.6) is 0 Å². The number of carboxylic acids is 1. The van der Waals surface area contributed by atoms with Crippen LogP contribution in [0.3, 0.4) is 0 Å². The Morgan fingerprint density at radius 3 is 2.45 bits per heavy atom. The van der Waals surface area contributed by atoms with E-state index in [-0.39, 0.29) is 37.7 Å². The molecule has 0 spiro atoms. The van der Waals surface area contributed by atoms with Crippen molar-refractivity contribution in [1.29, 1.82) is 0 Å². The van der Waals surface area contributed by atoms with Gasteiger partial charge in [0.25, 0.3) is 0 Å². The predicted molar refractivity (Wildman–Crippen MR) is 79.5 cm³/mol. The molecule has 0 atom stereocenters. The van der Waals surface area contributed by atoms with E-state index in [9.17, 15) is 18.0 Å². The molecule has 0 unspecified atom stereocenters. The molecule has 1 aliphatic rings. The minimum Gasteiger partial charge on any atom is -0.480 e. The highest BCUT2D eigenvalue weighted by Gasteiger charge is 2.29. The van der Waals surface area contributed by atoms with Crippen LogP contribution in [0.15, 0.2) is 30.3 Å². The normalized spacial score (nSPS) is 17.3. The average molecular weight is 326 g/mol. The van der Waals surface area contributed by atoms with E-state index in [1.54, 1.807) is 24.3 Å². The van der Waals surface area contributed by atoms with Crippen LogP contribution in [0.2, 0.25) is 0 Å². The highest BCUT2D eigenvalue weighted by atomic mass is 32.2. The fourth-order valence-electron chi connectivity index (χ4n) is 2.33. The molecule has 0 radical (unpaired) electrons. The molecule has 1 amide bonds. The van der Waals surface area contributed by atoms with Crippen LogP contribution >= 0.6 is 0 Å². The van der Waals surface area contributed by atoms with Gasteiger partial charge in [-0.1, -0.05) is 30.3 Å². The molecule has 1 aromatic carbocycles. The van der Waals surface area contributed by atoms with Crippen LogP contribution < -0.4 is 0 Å². The third kappa shape index (κ3) is 4.28. The summed E-state index contributed by atoms with van der Waals surface area (Å²) in [6.45, 7) is -0.0944. The van der Waals surface area contributed by atoms with E-state index in [0.29, 0.717) is 5.56 Å². The summed E-state index contributed by atoms with van der Waals surface area (Å²) in [6, 6.07) is 8.82. The first-order chi connectivity index (χ1) is 10.4. The minimum atomic E-state index is -3.53. The molecule has 8 heteroatoms. The van der Waals surface area contributed by atoms with Crippen molar-refractivity contribution in [3.63, 3.8) is 0 Å². The zero-order chi connectivity index (χ0) is 16.2. The predicted octanol–water partition coefficient (Wildman–Crippen LogP) is 0.135. The fourth-order valence-corrected chi connectivity index (χ4v) is 3.86. The smallest absolute Gasteiger partial charge is 0.323 e. The maximum absolute atomic E-state index is 12.4. The molecule has 2 rings (SSSR count). The summed E-state index contributed by atoms with van der Waals surface area (Å²) in [4.78, 5) is 23.7. The summed E-state index contributed by atoms with van der Waals surface area (Å²) in [5.74, 6) is -1.56. The molecule has 120 valence electrons. The summed E-state index contributed by atoms with van der Waals surface area (Å²) < 4.78 is 26.1. The molecule has 1 fully saturated rings. The SMILES string of the molecule is O=C(O)CN1CCN(S(=O)(=O)Cc2ccccc2)CCC1=O. The van der Waals surface area contributed by atoms with Crippen LogP contribution in [0.1, 0.15) is 12.0 Å². The van der Waals surface area contributed by atoms with E-state index in [2.05, 4.69) is 0 Å². The molecular weight excluding hydrogens is 308 g/mol. The molecule has 1 aliphatic heterocycles. The van der Waals surface area contributed by atoms with Crippen molar-refractivity contribution in [2.45, 2.75) is 12.2 Å². The number of amides is 1. The highest BCUT2D eigenvalue weighted by molar-refractivity contribution is 7.88. The van der Waals surface area contributed by atoms with Crippen molar-refractivity contribution in [3.05, 3.63) is 35.9 Å². The molecule has 1 N–H and O–H groups in total. The Bertz CT molecular complexity index is 644. The van der Waals surface area contributed by atoms with Gasteiger partial charge in [0.15, 0.2) is 0 Å². The number of hydrogen-bond acceptors (Lipinski definition) is 4. The zero-order valence-electron chi connectivity index (χ0n) is 12.0. The van der Waals surface area contributed by atoms with E-state index in [4.69, 9.17) is 5.11 Å². The van der Waals surface area contributed by atoms with Gasteiger partial charge in [-0.2, -0.15) is 4.31 Å². The van der Waals surface area contributed by atoms with Crippen molar-refractivity contribution in [2.75, 3.05) is 26.2 Å². The fraction of sp³-hybridized carbons (Fsp3) is 0.429. The molecule has 0 aromatic heterocycles. The summed E-state index contributed by atoms with van der Waals surface area (Å²) in [5, 5.41) is 8.77. The quantitative estimate of drug-likeness (QED) is 0.830. The first kappa shape index (κ1) is 16.4. The van der Waals surface area contributed by atoms with Crippen LogP contribution in [-0.4, -0.2) is 60.8 Å². The summed E-state index contributed by atoms with van der Waals surface area (Å²) >= 11 is 0. The van der Waals surface area contributed by atoms with E-state index in [1.807, 2.05) is 6.07 Å². The lowest BCUT2D eigenvalue weighted by atomic mass is 10.2. The Balaban J connectivity index is 2.06. The molecule has 7 nitrogen and oxygen atoms in total. The van der Waals surface area contributed by atoms with Crippen LogP contribution in [0, 0.1) is 0 Å². The Morgan fingerprint density at radius 2 is 1.82 bits per heavy atom. The monoisotopic (exact) mass is 326 g/mol. The number of nitrogens with zero attached hydrogens (tertiary/aromatic N) is 2. The van der Waals surface area contributed by atoms with Gasteiger partial charge in [-0.15, -0.1) is 0 Å². The van der Waals surface area contributed by atoms with Crippen LogP contribution in [0.25, 0.3) is 0 Å². The van der Waals surface area contributed by atoms with Gasteiger partial charge in [-0.3, -0.25) is 9.59 Å². The lowest BCUT2D eigenvalue weighted by molar-refractivity contribution is -0.144.